The van der Waals surface area contributed by atoms with Crippen LogP contribution in [0.1, 0.15) is 26.7 Å². The molecule has 6 heteroatoms. The van der Waals surface area contributed by atoms with Crippen LogP contribution in [0.3, 0.4) is 0 Å². The number of piperidine rings is 4. The van der Waals surface area contributed by atoms with Crippen molar-refractivity contribution in [2.24, 2.45) is 32.9 Å². The molecule has 8 aliphatic heterocycles. The molecule has 8 rings (SSSR count). The molecule has 8 heterocycles. The maximum atomic E-state index is 5.19. The SMILES string of the molecule is CCC12CN3CCN(CC(C3)/C1=N/N=C1\C3CN4CCN(C3)CC1(CC)C4)C2. The predicted octanol–water partition coefficient (Wildman–Crippen LogP) is 1.10. The van der Waals surface area contributed by atoms with E-state index in [0.717, 1.165) is 0 Å². The molecule has 8 saturated heterocycles. The third-order valence-corrected chi connectivity index (χ3v) is 8.96. The first-order valence-electron chi connectivity index (χ1n) is 11.7. The summed E-state index contributed by atoms with van der Waals surface area (Å²) in [7, 11) is 0. The van der Waals surface area contributed by atoms with Crippen LogP contribution in [0.2, 0.25) is 0 Å². The Labute approximate surface area is 169 Å². The highest BCUT2D eigenvalue weighted by Crippen LogP contribution is 2.43. The van der Waals surface area contributed by atoms with Crippen LogP contribution in [-0.2, 0) is 0 Å². The largest absolute Gasteiger partial charge is 0.300 e. The molecule has 0 saturated carbocycles. The molecule has 0 aromatic heterocycles. The second-order valence-corrected chi connectivity index (χ2v) is 10.6. The summed E-state index contributed by atoms with van der Waals surface area (Å²) in [5.74, 6) is 1.19. The van der Waals surface area contributed by atoms with Crippen LogP contribution in [-0.4, -0.2) is 110 Å². The number of fused-ring (bicyclic) bond motifs is 2. The topological polar surface area (TPSA) is 37.7 Å². The lowest BCUT2D eigenvalue weighted by Gasteiger charge is -2.51. The highest BCUT2D eigenvalue weighted by Gasteiger charge is 2.53. The molecule has 0 radical (unpaired) electrons. The Morgan fingerprint density at radius 1 is 0.643 bits per heavy atom. The van der Waals surface area contributed by atoms with Gasteiger partial charge in [-0.05, 0) is 12.8 Å². The minimum absolute atomic E-state index is 0.247. The first-order chi connectivity index (χ1) is 13.6. The van der Waals surface area contributed by atoms with Crippen molar-refractivity contribution in [1.29, 1.82) is 0 Å². The summed E-state index contributed by atoms with van der Waals surface area (Å²) in [5, 5.41) is 10.4. The van der Waals surface area contributed by atoms with Gasteiger partial charge in [-0.15, -0.1) is 0 Å². The fourth-order valence-corrected chi connectivity index (χ4v) is 7.51. The summed E-state index contributed by atoms with van der Waals surface area (Å²) >= 11 is 0. The summed E-state index contributed by atoms with van der Waals surface area (Å²) in [6.07, 6.45) is 2.40. The van der Waals surface area contributed by atoms with Crippen molar-refractivity contribution in [3.63, 3.8) is 0 Å². The molecule has 6 nitrogen and oxygen atoms in total. The molecule has 0 aliphatic carbocycles. The molecule has 8 aliphatic rings. The van der Waals surface area contributed by atoms with E-state index in [4.69, 9.17) is 10.2 Å². The van der Waals surface area contributed by atoms with Gasteiger partial charge in [-0.1, -0.05) is 13.8 Å². The standard InChI is InChI=1S/C22H36N6/c1-3-21-13-25-5-6-26(14-21)10-17(9-25)19(21)23-24-20-18-11-27-7-8-28(12-18)16-22(20,4-2)15-27/h17-18H,3-16H2,1-2H3/b23-19-,24-20+. The Bertz CT molecular complexity index is 622. The lowest BCUT2D eigenvalue weighted by Crippen LogP contribution is -2.62. The lowest BCUT2D eigenvalue weighted by molar-refractivity contribution is 0.112. The summed E-state index contributed by atoms with van der Waals surface area (Å²) in [4.78, 5) is 10.8. The highest BCUT2D eigenvalue weighted by atomic mass is 15.3. The van der Waals surface area contributed by atoms with Gasteiger partial charge < -0.3 is 19.6 Å². The molecule has 4 unspecified atom stereocenters. The maximum absolute atomic E-state index is 5.19. The van der Waals surface area contributed by atoms with Crippen LogP contribution in [0.5, 0.6) is 0 Å². The molecule has 4 atom stereocenters. The molecule has 0 aromatic carbocycles. The Kier molecular flexibility index (Phi) is 4.07. The fraction of sp³-hybridized carbons (Fsp3) is 0.909. The quantitative estimate of drug-likeness (QED) is 0.683. The smallest absolute Gasteiger partial charge is 0.0549 e. The Hall–Kier alpha value is -0.820. The Morgan fingerprint density at radius 2 is 0.964 bits per heavy atom. The lowest BCUT2D eigenvalue weighted by atomic mass is 9.68. The van der Waals surface area contributed by atoms with Gasteiger partial charge in [0, 0.05) is 101 Å². The Balaban J connectivity index is 1.39. The highest BCUT2D eigenvalue weighted by molar-refractivity contribution is 5.98. The van der Waals surface area contributed by atoms with E-state index in [1.54, 1.807) is 0 Å². The molecule has 0 N–H and O–H groups in total. The second kappa shape index (κ2) is 6.34. The molecular weight excluding hydrogens is 348 g/mol. The first-order valence-corrected chi connectivity index (χ1v) is 11.7. The third kappa shape index (κ3) is 2.54. The van der Waals surface area contributed by atoms with Crippen LogP contribution < -0.4 is 0 Å². The minimum atomic E-state index is 0.247. The van der Waals surface area contributed by atoms with E-state index in [1.807, 2.05) is 0 Å². The van der Waals surface area contributed by atoms with Crippen molar-refractivity contribution in [3.05, 3.63) is 0 Å². The van der Waals surface area contributed by atoms with Crippen LogP contribution in [0.15, 0.2) is 10.2 Å². The second-order valence-electron chi connectivity index (χ2n) is 10.6. The van der Waals surface area contributed by atoms with Crippen molar-refractivity contribution in [1.82, 2.24) is 19.6 Å². The zero-order chi connectivity index (χ0) is 18.9. The van der Waals surface area contributed by atoms with Gasteiger partial charge in [-0.2, -0.15) is 10.2 Å². The predicted molar refractivity (Wildman–Crippen MR) is 113 cm³/mol. The van der Waals surface area contributed by atoms with Crippen molar-refractivity contribution >= 4 is 11.4 Å². The maximum Gasteiger partial charge on any atom is 0.0549 e. The summed E-state index contributed by atoms with van der Waals surface area (Å²) in [6.45, 7) is 19.3. The molecule has 8 fully saturated rings. The van der Waals surface area contributed by atoms with Gasteiger partial charge in [-0.3, -0.25) is 0 Å². The van der Waals surface area contributed by atoms with Gasteiger partial charge in [-0.25, -0.2) is 0 Å². The van der Waals surface area contributed by atoms with Crippen molar-refractivity contribution in [2.45, 2.75) is 26.7 Å². The van der Waals surface area contributed by atoms with Crippen molar-refractivity contribution in [2.75, 3.05) is 78.5 Å². The molecular formula is C22H36N6. The van der Waals surface area contributed by atoms with Gasteiger partial charge in [0.1, 0.15) is 0 Å². The van der Waals surface area contributed by atoms with E-state index in [0.29, 0.717) is 11.8 Å². The van der Waals surface area contributed by atoms with Crippen molar-refractivity contribution < 1.29 is 0 Å². The van der Waals surface area contributed by atoms with Crippen LogP contribution in [0.25, 0.3) is 0 Å². The van der Waals surface area contributed by atoms with Gasteiger partial charge in [0.05, 0.1) is 11.4 Å². The average Bonchev–Trinajstić information content (AvgIpc) is 3.07. The zero-order valence-corrected chi connectivity index (χ0v) is 17.7. The monoisotopic (exact) mass is 384 g/mol. The normalized spacial score (nSPS) is 54.5. The molecule has 0 amide bonds. The zero-order valence-electron chi connectivity index (χ0n) is 17.7. The van der Waals surface area contributed by atoms with Gasteiger partial charge in [0.2, 0.25) is 0 Å². The fourth-order valence-electron chi connectivity index (χ4n) is 7.51. The molecule has 0 aromatic rings. The van der Waals surface area contributed by atoms with Crippen LogP contribution in [0, 0.1) is 22.7 Å². The summed E-state index contributed by atoms with van der Waals surface area (Å²) in [5.41, 5.74) is 3.40. The first kappa shape index (κ1) is 18.0. The minimum Gasteiger partial charge on any atom is -0.300 e. The van der Waals surface area contributed by atoms with Crippen LogP contribution in [0.4, 0.5) is 0 Å². The van der Waals surface area contributed by atoms with E-state index in [1.165, 1.54) is 103 Å². The van der Waals surface area contributed by atoms with Crippen LogP contribution >= 0.6 is 0 Å². The van der Waals surface area contributed by atoms with E-state index < -0.39 is 0 Å². The Morgan fingerprint density at radius 3 is 1.25 bits per heavy atom. The van der Waals surface area contributed by atoms with Gasteiger partial charge in [0.25, 0.3) is 0 Å². The summed E-state index contributed by atoms with van der Waals surface area (Å²) < 4.78 is 0. The van der Waals surface area contributed by atoms with E-state index in [9.17, 15) is 0 Å². The molecule has 28 heavy (non-hydrogen) atoms. The molecule has 154 valence electrons. The molecule has 0 spiro atoms. The number of nitrogens with zero attached hydrogens (tertiary/aromatic N) is 6. The number of rotatable bonds is 3. The number of hydrogen-bond acceptors (Lipinski definition) is 6. The van der Waals surface area contributed by atoms with E-state index in [-0.39, 0.29) is 10.8 Å². The van der Waals surface area contributed by atoms with E-state index >= 15 is 0 Å². The average molecular weight is 385 g/mol. The third-order valence-electron chi connectivity index (χ3n) is 8.96. The number of hydrogen-bond donors (Lipinski definition) is 0. The van der Waals surface area contributed by atoms with E-state index in [2.05, 4.69) is 33.4 Å². The summed E-state index contributed by atoms with van der Waals surface area (Å²) in [6, 6.07) is 0. The van der Waals surface area contributed by atoms with Gasteiger partial charge >= 0.3 is 0 Å². The molecule has 8 bridgehead atoms. The van der Waals surface area contributed by atoms with Crippen molar-refractivity contribution in [3.8, 4) is 0 Å². The van der Waals surface area contributed by atoms with Gasteiger partial charge in [0.15, 0.2) is 0 Å².